The number of hydrogen-bond donors (Lipinski definition) is 0. The molecular weight excluding hydrogens is 304 g/mol. The van der Waals surface area contributed by atoms with Gasteiger partial charge in [0.2, 0.25) is 0 Å². The normalized spacial score (nSPS) is 13.1. The molecule has 0 bridgehead atoms. The van der Waals surface area contributed by atoms with Gasteiger partial charge in [0, 0.05) is 0 Å². The van der Waals surface area contributed by atoms with Crippen molar-refractivity contribution >= 4 is 30.1 Å². The van der Waals surface area contributed by atoms with Gasteiger partial charge in [-0.1, -0.05) is 0 Å². The van der Waals surface area contributed by atoms with Crippen molar-refractivity contribution in [1.82, 2.24) is 0 Å². The molecule has 1 aromatic rings. The first-order chi connectivity index (χ1) is 7.79. The van der Waals surface area contributed by atoms with Gasteiger partial charge in [-0.15, -0.1) is 11.3 Å². The van der Waals surface area contributed by atoms with E-state index in [1.807, 2.05) is 0 Å². The number of alkyl halides is 3. The van der Waals surface area contributed by atoms with Crippen LogP contribution in [0.3, 0.4) is 0 Å². The van der Waals surface area contributed by atoms with Crippen LogP contribution in [0.1, 0.15) is 4.88 Å². The van der Waals surface area contributed by atoms with Crippen LogP contribution >= 0.6 is 20.0 Å². The molecule has 0 unspecified atom stereocenters. The van der Waals surface area contributed by atoms with E-state index in [1.165, 1.54) is 0 Å². The van der Waals surface area contributed by atoms with E-state index < -0.39 is 41.5 Å². The van der Waals surface area contributed by atoms with Crippen LogP contribution in [0.5, 0.6) is 0 Å². The Morgan fingerprint density at radius 3 is 2.59 bits per heavy atom. The maximum absolute atomic E-state index is 12.4. The maximum Gasteiger partial charge on any atom is 0.426 e. The molecule has 0 amide bonds. The second-order valence-corrected chi connectivity index (χ2v) is 5.41. The first-order valence-electron chi connectivity index (χ1n) is 3.78. The second kappa shape index (κ2) is 5.40. The highest BCUT2D eigenvalue weighted by Crippen LogP contribution is 2.38. The van der Waals surface area contributed by atoms with Gasteiger partial charge in [0.05, 0.1) is 0 Å². The van der Waals surface area contributed by atoms with Crippen molar-refractivity contribution in [3.63, 3.8) is 0 Å². The Morgan fingerprint density at radius 1 is 1.41 bits per heavy atom. The van der Waals surface area contributed by atoms with Crippen molar-refractivity contribution in [1.29, 1.82) is 0 Å². The predicted molar refractivity (Wildman–Crippen MR) is 51.2 cm³/mol. The summed E-state index contributed by atoms with van der Waals surface area (Å²) >= 11 is 0.234. The average Bonchev–Trinajstić information content (AvgIpc) is 2.66. The Balaban J connectivity index is 3.00. The summed E-state index contributed by atoms with van der Waals surface area (Å²) in [6.45, 7) is -0.930. The van der Waals surface area contributed by atoms with Gasteiger partial charge >= 0.3 is 25.0 Å². The molecule has 1 heterocycles. The number of halogens is 3. The van der Waals surface area contributed by atoms with Gasteiger partial charge in [0.25, 0.3) is 0 Å². The lowest BCUT2D eigenvalue weighted by Gasteiger charge is -2.07. The summed E-state index contributed by atoms with van der Waals surface area (Å²) in [6.07, 6.45) is -4.78. The van der Waals surface area contributed by atoms with Crippen LogP contribution in [-0.2, 0) is 29.6 Å². The summed E-state index contributed by atoms with van der Waals surface area (Å²) in [5, 5.41) is 0.978. The van der Waals surface area contributed by atoms with Crippen LogP contribution in [0.25, 0.3) is 0 Å². The van der Waals surface area contributed by atoms with Gasteiger partial charge in [-0.25, -0.2) is 8.75 Å². The highest BCUT2D eigenvalue weighted by atomic mass is 32.2. The Morgan fingerprint density at radius 2 is 2.06 bits per heavy atom. The highest BCUT2D eigenvalue weighted by Gasteiger charge is 2.39. The molecular formula is C6H4F3O5PS2. The van der Waals surface area contributed by atoms with Crippen LogP contribution < -0.4 is 0 Å². The lowest BCUT2D eigenvalue weighted by Crippen LogP contribution is -2.13. The Hall–Kier alpha value is -0.540. The summed E-state index contributed by atoms with van der Waals surface area (Å²) in [5.74, 6) is 0. The summed E-state index contributed by atoms with van der Waals surface area (Å²) in [5.41, 5.74) is 0. The fraction of sp³-hybridized carbons (Fsp3) is 0.333. The molecule has 0 saturated heterocycles. The zero-order valence-corrected chi connectivity index (χ0v) is 10.3. The lowest BCUT2D eigenvalue weighted by molar-refractivity contribution is -0.136. The summed E-state index contributed by atoms with van der Waals surface area (Å²) in [7, 11) is -5.42. The van der Waals surface area contributed by atoms with Crippen LogP contribution in [0, 0.1) is 0 Å². The molecule has 0 atom stereocenters. The molecule has 0 spiro atoms. The lowest BCUT2D eigenvalue weighted by atomic mass is 10.5. The van der Waals surface area contributed by atoms with Gasteiger partial charge in [0.15, 0.2) is 6.79 Å². The van der Waals surface area contributed by atoms with Crippen molar-refractivity contribution < 1.29 is 34.9 Å². The molecule has 5 nitrogen and oxygen atoms in total. The Kier molecular flexibility index (Phi) is 4.62. The maximum atomic E-state index is 12.4. The van der Waals surface area contributed by atoms with Crippen LogP contribution in [0.15, 0.2) is 16.3 Å². The topological polar surface area (TPSA) is 69.7 Å². The zero-order chi connectivity index (χ0) is 13.1. The first-order valence-corrected chi connectivity index (χ1v) is 6.79. The molecule has 96 valence electrons. The van der Waals surface area contributed by atoms with Gasteiger partial charge in [-0.05, 0) is 11.4 Å². The minimum Gasteiger partial charge on any atom is -0.265 e. The Bertz CT molecular complexity index is 494. The molecule has 0 saturated carbocycles. The summed E-state index contributed by atoms with van der Waals surface area (Å²) < 4.78 is 77.9. The van der Waals surface area contributed by atoms with Gasteiger partial charge in [-0.2, -0.15) is 21.6 Å². The van der Waals surface area contributed by atoms with E-state index in [0.717, 1.165) is 11.4 Å². The van der Waals surface area contributed by atoms with E-state index >= 15 is 0 Å². The highest BCUT2D eigenvalue weighted by molar-refractivity contribution is 7.87. The summed E-state index contributed by atoms with van der Waals surface area (Å²) in [4.78, 5) is -2.27. The van der Waals surface area contributed by atoms with Crippen LogP contribution in [0.4, 0.5) is 13.2 Å². The van der Waals surface area contributed by atoms with Crippen molar-refractivity contribution in [3.8, 4) is 0 Å². The molecule has 0 fully saturated rings. The monoisotopic (exact) mass is 308 g/mol. The standard InChI is InChI=1S/C6H4F3O5PS2/c7-6(8,9)5-4(1-2-16-5)17(11,12)14-3-13-15-10/h1-2H,3H2. The largest absolute Gasteiger partial charge is 0.426 e. The molecule has 0 N–H and O–H groups in total. The molecule has 0 radical (unpaired) electrons. The predicted octanol–water partition coefficient (Wildman–Crippen LogP) is 2.65. The SMILES string of the molecule is O=POCOS(=O)(=O)c1ccsc1C(F)(F)F. The Labute approximate surface area is 99.6 Å². The number of thiophene rings is 1. The van der Waals surface area contributed by atoms with Crippen molar-refractivity contribution in [2.75, 3.05) is 6.79 Å². The molecule has 17 heavy (non-hydrogen) atoms. The second-order valence-electron chi connectivity index (χ2n) is 2.51. The van der Waals surface area contributed by atoms with Crippen LogP contribution in [-0.4, -0.2) is 15.2 Å². The quantitative estimate of drug-likeness (QED) is 0.362. The molecule has 1 rings (SSSR count). The van der Waals surface area contributed by atoms with Gasteiger partial charge < -0.3 is 0 Å². The van der Waals surface area contributed by atoms with E-state index in [0.29, 0.717) is 0 Å². The van der Waals surface area contributed by atoms with E-state index in [4.69, 9.17) is 0 Å². The minimum absolute atomic E-state index is 0.234. The number of rotatable bonds is 5. The van der Waals surface area contributed by atoms with E-state index in [1.54, 1.807) is 0 Å². The molecule has 0 aliphatic rings. The van der Waals surface area contributed by atoms with Crippen molar-refractivity contribution in [3.05, 3.63) is 16.3 Å². The average molecular weight is 308 g/mol. The third kappa shape index (κ3) is 3.71. The summed E-state index contributed by atoms with van der Waals surface area (Å²) in [6, 6.07) is 0.776. The molecule has 0 aliphatic carbocycles. The van der Waals surface area contributed by atoms with Gasteiger partial charge in [-0.3, -0.25) is 4.52 Å². The van der Waals surface area contributed by atoms with E-state index in [9.17, 15) is 26.2 Å². The van der Waals surface area contributed by atoms with E-state index in [2.05, 4.69) is 8.71 Å². The molecule has 0 aliphatic heterocycles. The molecule has 11 heteroatoms. The zero-order valence-electron chi connectivity index (χ0n) is 7.80. The first kappa shape index (κ1) is 14.5. The fourth-order valence-corrected chi connectivity index (χ4v) is 3.11. The number of hydrogen-bond acceptors (Lipinski definition) is 6. The van der Waals surface area contributed by atoms with E-state index in [-0.39, 0.29) is 11.3 Å². The van der Waals surface area contributed by atoms with Crippen LogP contribution in [0.2, 0.25) is 0 Å². The van der Waals surface area contributed by atoms with Crippen molar-refractivity contribution in [2.45, 2.75) is 11.1 Å². The van der Waals surface area contributed by atoms with Gasteiger partial charge in [0.1, 0.15) is 9.77 Å². The molecule has 1 aromatic heterocycles. The minimum atomic E-state index is -4.78. The fourth-order valence-electron chi connectivity index (χ4n) is 0.871. The smallest absolute Gasteiger partial charge is 0.265 e. The third-order valence-electron chi connectivity index (χ3n) is 1.46. The molecule has 0 aromatic carbocycles. The van der Waals surface area contributed by atoms with Crippen molar-refractivity contribution in [2.24, 2.45) is 0 Å². The third-order valence-corrected chi connectivity index (χ3v) is 4.05.